The van der Waals surface area contributed by atoms with E-state index in [0.717, 1.165) is 31.5 Å². The van der Waals surface area contributed by atoms with Crippen molar-refractivity contribution >= 4 is 20.8 Å². The molecule has 0 fully saturated rings. The van der Waals surface area contributed by atoms with E-state index in [1.807, 2.05) is 6.07 Å². The lowest BCUT2D eigenvalue weighted by Gasteiger charge is -2.22. The zero-order valence-corrected chi connectivity index (χ0v) is 16.0. The van der Waals surface area contributed by atoms with Crippen molar-refractivity contribution in [1.29, 1.82) is 0 Å². The van der Waals surface area contributed by atoms with Gasteiger partial charge in [0.25, 0.3) is 0 Å². The Morgan fingerprint density at radius 1 is 1.12 bits per heavy atom. The van der Waals surface area contributed by atoms with Gasteiger partial charge in [0.1, 0.15) is 5.82 Å². The van der Waals surface area contributed by atoms with E-state index < -0.39 is 20.5 Å². The van der Waals surface area contributed by atoms with Gasteiger partial charge in [-0.05, 0) is 30.5 Å². The summed E-state index contributed by atoms with van der Waals surface area (Å²) in [5, 5.41) is 2.43. The van der Waals surface area contributed by atoms with Crippen molar-refractivity contribution in [2.24, 2.45) is 0 Å². The van der Waals surface area contributed by atoms with Crippen molar-refractivity contribution in [1.82, 2.24) is 4.98 Å². The summed E-state index contributed by atoms with van der Waals surface area (Å²) in [5.74, 6) is 0.197. The van der Waals surface area contributed by atoms with E-state index in [1.165, 1.54) is 31.9 Å². The molecule has 0 aliphatic heterocycles. The number of nitrogens with one attached hydrogen (secondary N) is 1. The number of nitrogens with zero attached hydrogens (tertiary/aromatic N) is 1. The van der Waals surface area contributed by atoms with Crippen molar-refractivity contribution < 1.29 is 23.8 Å². The second-order valence-corrected chi connectivity index (χ2v) is 10.6. The third-order valence-corrected chi connectivity index (χ3v) is 7.68. The van der Waals surface area contributed by atoms with Crippen molar-refractivity contribution in [2.75, 3.05) is 12.0 Å². The Morgan fingerprint density at radius 2 is 1.75 bits per heavy atom. The molecule has 2 atom stereocenters. The van der Waals surface area contributed by atoms with Gasteiger partial charge in [-0.3, -0.25) is 9.13 Å². The standard InChI is InChI=1S/C15H28N2O5P2/c1-3-4-5-6-7-8-9-13-10-11-16-14(12-13)17-15(23(2,18)19)24(20,21)22/h10-12,15H,3-9H2,1-2H3,(H,16,17)(H,18,19)(H2,20,21,22). The summed E-state index contributed by atoms with van der Waals surface area (Å²) in [6, 6.07) is 3.51. The minimum absolute atomic E-state index is 0.197. The van der Waals surface area contributed by atoms with E-state index in [9.17, 15) is 23.8 Å². The molecule has 0 saturated heterocycles. The molecule has 1 aromatic rings. The summed E-state index contributed by atoms with van der Waals surface area (Å²) in [6.07, 6.45) is 9.45. The second kappa shape index (κ2) is 9.69. The molecule has 9 heteroatoms. The first-order valence-electron chi connectivity index (χ1n) is 8.21. The molecular formula is C15H28N2O5P2. The number of aromatic nitrogens is 1. The Balaban J connectivity index is 2.64. The molecule has 0 aliphatic carbocycles. The van der Waals surface area contributed by atoms with E-state index in [1.54, 1.807) is 6.07 Å². The fourth-order valence-corrected chi connectivity index (χ4v) is 5.34. The molecule has 24 heavy (non-hydrogen) atoms. The highest BCUT2D eigenvalue weighted by Gasteiger charge is 2.41. The summed E-state index contributed by atoms with van der Waals surface area (Å²) in [6.45, 7) is 3.10. The van der Waals surface area contributed by atoms with E-state index in [2.05, 4.69) is 17.2 Å². The predicted octanol–water partition coefficient (Wildman–Crippen LogP) is 3.76. The van der Waals surface area contributed by atoms with Crippen LogP contribution in [0.4, 0.5) is 5.82 Å². The fourth-order valence-electron chi connectivity index (χ4n) is 2.43. The number of hydrogen-bond donors (Lipinski definition) is 4. The Kier molecular flexibility index (Phi) is 8.61. The highest BCUT2D eigenvalue weighted by atomic mass is 31.2. The largest absolute Gasteiger partial charge is 0.357 e. The first kappa shape index (κ1) is 21.3. The molecule has 1 rings (SSSR count). The summed E-state index contributed by atoms with van der Waals surface area (Å²) < 4.78 is 23.2. The number of pyridine rings is 1. The Bertz CT molecular complexity index is 577. The minimum Gasteiger partial charge on any atom is -0.348 e. The van der Waals surface area contributed by atoms with Crippen LogP contribution in [0.2, 0.25) is 0 Å². The Morgan fingerprint density at radius 3 is 2.33 bits per heavy atom. The molecule has 0 aromatic carbocycles. The monoisotopic (exact) mass is 378 g/mol. The van der Waals surface area contributed by atoms with Crippen LogP contribution in [0.5, 0.6) is 0 Å². The van der Waals surface area contributed by atoms with Crippen molar-refractivity contribution in [2.45, 2.75) is 57.4 Å². The minimum atomic E-state index is -4.78. The maximum atomic E-state index is 11.7. The van der Waals surface area contributed by atoms with Gasteiger partial charge in [0.2, 0.25) is 12.9 Å². The van der Waals surface area contributed by atoms with Gasteiger partial charge in [-0.15, -0.1) is 0 Å². The average Bonchev–Trinajstić information content (AvgIpc) is 2.46. The lowest BCUT2D eigenvalue weighted by molar-refractivity contribution is 0.367. The molecule has 0 bridgehead atoms. The van der Waals surface area contributed by atoms with Gasteiger partial charge in [0.05, 0.1) is 0 Å². The van der Waals surface area contributed by atoms with Crippen LogP contribution in [0.25, 0.3) is 0 Å². The van der Waals surface area contributed by atoms with Gasteiger partial charge < -0.3 is 20.0 Å². The van der Waals surface area contributed by atoms with Crippen LogP contribution in [0.15, 0.2) is 18.3 Å². The van der Waals surface area contributed by atoms with E-state index in [-0.39, 0.29) is 5.82 Å². The first-order chi connectivity index (χ1) is 11.1. The topological polar surface area (TPSA) is 120 Å². The number of hydrogen-bond acceptors (Lipinski definition) is 4. The molecule has 1 heterocycles. The summed E-state index contributed by atoms with van der Waals surface area (Å²) in [4.78, 5) is 32.1. The van der Waals surface area contributed by atoms with E-state index in [4.69, 9.17) is 0 Å². The molecule has 0 saturated carbocycles. The SMILES string of the molecule is CCCCCCCCc1ccnc(NC(P(C)(=O)O)P(=O)(O)O)c1. The van der Waals surface area contributed by atoms with Gasteiger partial charge >= 0.3 is 7.60 Å². The molecular weight excluding hydrogens is 350 g/mol. The van der Waals surface area contributed by atoms with Crippen LogP contribution in [0, 0.1) is 0 Å². The second-order valence-electron chi connectivity index (χ2n) is 6.12. The molecule has 2 unspecified atom stereocenters. The lowest BCUT2D eigenvalue weighted by Crippen LogP contribution is -2.20. The molecule has 0 spiro atoms. The Hall–Kier alpha value is -0.710. The molecule has 138 valence electrons. The molecule has 7 nitrogen and oxygen atoms in total. The van der Waals surface area contributed by atoms with Crippen LogP contribution in [-0.2, 0) is 15.6 Å². The van der Waals surface area contributed by atoms with Crippen molar-refractivity contribution in [3.63, 3.8) is 0 Å². The molecule has 4 N–H and O–H groups in total. The van der Waals surface area contributed by atoms with E-state index in [0.29, 0.717) is 0 Å². The van der Waals surface area contributed by atoms with Gasteiger partial charge in [0, 0.05) is 12.9 Å². The summed E-state index contributed by atoms with van der Waals surface area (Å²) in [5.41, 5.74) is -0.863. The normalized spacial score (nSPS) is 15.7. The van der Waals surface area contributed by atoms with Crippen LogP contribution < -0.4 is 5.32 Å². The van der Waals surface area contributed by atoms with E-state index >= 15 is 0 Å². The first-order valence-corrected chi connectivity index (χ1v) is 12.1. The zero-order valence-electron chi connectivity index (χ0n) is 14.3. The smallest absolute Gasteiger partial charge is 0.348 e. The van der Waals surface area contributed by atoms with Gasteiger partial charge in [0.15, 0.2) is 0 Å². The highest BCUT2D eigenvalue weighted by molar-refractivity contribution is 7.73. The Labute approximate surface area is 143 Å². The third-order valence-electron chi connectivity index (χ3n) is 3.69. The number of anilines is 1. The van der Waals surface area contributed by atoms with Crippen LogP contribution in [0.1, 0.15) is 51.0 Å². The lowest BCUT2D eigenvalue weighted by atomic mass is 10.1. The number of unbranched alkanes of at least 4 members (excludes halogenated alkanes) is 5. The van der Waals surface area contributed by atoms with Gasteiger partial charge in [-0.2, -0.15) is 0 Å². The fraction of sp³-hybridized carbons (Fsp3) is 0.667. The number of aryl methyl sites for hydroxylation is 1. The molecule has 1 aromatic heterocycles. The average molecular weight is 378 g/mol. The maximum absolute atomic E-state index is 11.7. The molecule has 0 amide bonds. The van der Waals surface area contributed by atoms with Crippen molar-refractivity contribution in [3.05, 3.63) is 23.9 Å². The molecule has 0 radical (unpaired) electrons. The van der Waals surface area contributed by atoms with Crippen molar-refractivity contribution in [3.8, 4) is 0 Å². The number of rotatable bonds is 11. The van der Waals surface area contributed by atoms with Crippen LogP contribution >= 0.6 is 15.0 Å². The summed E-state index contributed by atoms with van der Waals surface area (Å²) >= 11 is 0. The summed E-state index contributed by atoms with van der Waals surface area (Å²) in [7, 11) is -8.81. The third kappa shape index (κ3) is 7.91. The van der Waals surface area contributed by atoms with Gasteiger partial charge in [-0.25, -0.2) is 4.98 Å². The quantitative estimate of drug-likeness (QED) is 0.342. The van der Waals surface area contributed by atoms with Crippen LogP contribution in [0.3, 0.4) is 0 Å². The van der Waals surface area contributed by atoms with Crippen LogP contribution in [-0.4, -0.2) is 31.9 Å². The highest BCUT2D eigenvalue weighted by Crippen LogP contribution is 2.59. The maximum Gasteiger partial charge on any atom is 0.357 e. The zero-order chi connectivity index (χ0) is 18.2. The predicted molar refractivity (Wildman–Crippen MR) is 96.5 cm³/mol. The molecule has 0 aliphatic rings. The van der Waals surface area contributed by atoms with Gasteiger partial charge in [-0.1, -0.05) is 39.0 Å².